The van der Waals surface area contributed by atoms with Gasteiger partial charge in [-0.1, -0.05) is 18.5 Å². The number of nitrogens with one attached hydrogen (secondary N) is 1. The van der Waals surface area contributed by atoms with Crippen LogP contribution in [0.3, 0.4) is 0 Å². The second kappa shape index (κ2) is 9.25. The van der Waals surface area contributed by atoms with Crippen LogP contribution in [0.1, 0.15) is 37.6 Å². The van der Waals surface area contributed by atoms with Gasteiger partial charge in [0.2, 0.25) is 0 Å². The Hall–Kier alpha value is -1.95. The van der Waals surface area contributed by atoms with Crippen molar-refractivity contribution in [3.8, 4) is 11.5 Å². The zero-order valence-electron chi connectivity index (χ0n) is 13.8. The summed E-state index contributed by atoms with van der Waals surface area (Å²) in [5.74, 6) is -0.319. The van der Waals surface area contributed by atoms with Crippen LogP contribution in [0.15, 0.2) is 12.1 Å². The molecule has 0 radical (unpaired) electrons. The molecule has 0 heterocycles. The van der Waals surface area contributed by atoms with Gasteiger partial charge >= 0.3 is 5.97 Å². The summed E-state index contributed by atoms with van der Waals surface area (Å²) in [5, 5.41) is 2.85. The Balaban J connectivity index is 2.82. The zero-order chi connectivity index (χ0) is 17.4. The minimum atomic E-state index is -0.659. The van der Waals surface area contributed by atoms with Crippen molar-refractivity contribution >= 4 is 23.5 Å². The predicted molar refractivity (Wildman–Crippen MR) is 87.4 cm³/mol. The molecule has 0 aromatic heterocycles. The summed E-state index contributed by atoms with van der Waals surface area (Å²) in [6.45, 7) is 5.83. The largest absolute Gasteiger partial charge is 0.493 e. The lowest BCUT2D eigenvalue weighted by Crippen LogP contribution is -2.29. The molecular formula is C16H22ClNO5. The van der Waals surface area contributed by atoms with E-state index in [9.17, 15) is 9.59 Å². The third-order valence-electron chi connectivity index (χ3n) is 2.73. The molecule has 0 aliphatic carbocycles. The number of rotatable bonds is 8. The van der Waals surface area contributed by atoms with Crippen LogP contribution in [-0.4, -0.2) is 38.2 Å². The summed E-state index contributed by atoms with van der Waals surface area (Å²) in [6.07, 6.45) is 0.713. The van der Waals surface area contributed by atoms with Gasteiger partial charge in [0.1, 0.15) is 0 Å². The molecule has 0 bridgehead atoms. The number of halogens is 1. The minimum absolute atomic E-state index is 0.0959. The van der Waals surface area contributed by atoms with Gasteiger partial charge in [0.05, 0.1) is 23.8 Å². The smallest absolute Gasteiger partial charge is 0.338 e. The third-order valence-corrected chi connectivity index (χ3v) is 3.01. The molecule has 7 heteroatoms. The second-order valence-corrected chi connectivity index (χ2v) is 5.49. The van der Waals surface area contributed by atoms with E-state index in [-0.39, 0.29) is 29.2 Å². The molecule has 0 atom stereocenters. The SMILES string of the molecule is CCCNC(=O)COC(=O)c1cc(Cl)c(OC(C)C)c(OC)c1. The lowest BCUT2D eigenvalue weighted by Gasteiger charge is -2.16. The summed E-state index contributed by atoms with van der Waals surface area (Å²) in [4.78, 5) is 23.5. The van der Waals surface area contributed by atoms with E-state index in [2.05, 4.69) is 5.32 Å². The van der Waals surface area contributed by atoms with Crippen molar-refractivity contribution in [3.05, 3.63) is 22.7 Å². The second-order valence-electron chi connectivity index (χ2n) is 5.08. The van der Waals surface area contributed by atoms with E-state index in [0.29, 0.717) is 18.0 Å². The summed E-state index contributed by atoms with van der Waals surface area (Å²) in [6, 6.07) is 2.89. The number of ether oxygens (including phenoxy) is 3. The first-order valence-electron chi connectivity index (χ1n) is 7.37. The number of hydrogen-bond acceptors (Lipinski definition) is 5. The Morgan fingerprint density at radius 1 is 1.30 bits per heavy atom. The monoisotopic (exact) mass is 343 g/mol. The van der Waals surface area contributed by atoms with E-state index >= 15 is 0 Å². The highest BCUT2D eigenvalue weighted by atomic mass is 35.5. The van der Waals surface area contributed by atoms with Crippen molar-refractivity contribution in [1.29, 1.82) is 0 Å². The standard InChI is InChI=1S/C16H22ClNO5/c1-5-6-18-14(19)9-22-16(20)11-7-12(17)15(23-10(2)3)13(8-11)21-4/h7-8,10H,5-6,9H2,1-4H3,(H,18,19). The maximum atomic E-state index is 12.0. The topological polar surface area (TPSA) is 73.9 Å². The van der Waals surface area contributed by atoms with Crippen molar-refractivity contribution in [3.63, 3.8) is 0 Å². The fraction of sp³-hybridized carbons (Fsp3) is 0.500. The molecule has 1 rings (SSSR count). The molecule has 128 valence electrons. The molecule has 1 N–H and O–H groups in total. The maximum Gasteiger partial charge on any atom is 0.338 e. The van der Waals surface area contributed by atoms with Crippen LogP contribution in [0.25, 0.3) is 0 Å². The van der Waals surface area contributed by atoms with Gasteiger partial charge in [0.15, 0.2) is 18.1 Å². The highest BCUT2D eigenvalue weighted by Crippen LogP contribution is 2.37. The van der Waals surface area contributed by atoms with Crippen molar-refractivity contribution in [1.82, 2.24) is 5.32 Å². The molecule has 0 fully saturated rings. The molecule has 1 aromatic carbocycles. The predicted octanol–water partition coefficient (Wildman–Crippen LogP) is 2.82. The molecule has 0 saturated carbocycles. The molecule has 0 unspecified atom stereocenters. The maximum absolute atomic E-state index is 12.0. The number of amides is 1. The van der Waals surface area contributed by atoms with Crippen LogP contribution in [-0.2, 0) is 9.53 Å². The Morgan fingerprint density at radius 2 is 2.00 bits per heavy atom. The first kappa shape index (κ1) is 19.1. The van der Waals surface area contributed by atoms with E-state index in [1.54, 1.807) is 0 Å². The zero-order valence-corrected chi connectivity index (χ0v) is 14.5. The molecule has 0 aliphatic heterocycles. The Morgan fingerprint density at radius 3 is 2.57 bits per heavy atom. The molecule has 1 amide bonds. The molecule has 23 heavy (non-hydrogen) atoms. The fourth-order valence-electron chi connectivity index (χ4n) is 1.72. The van der Waals surface area contributed by atoms with Crippen LogP contribution in [0.2, 0.25) is 5.02 Å². The van der Waals surface area contributed by atoms with Crippen LogP contribution in [0.4, 0.5) is 0 Å². The lowest BCUT2D eigenvalue weighted by atomic mass is 10.2. The van der Waals surface area contributed by atoms with Crippen molar-refractivity contribution < 1.29 is 23.8 Å². The summed E-state index contributed by atoms with van der Waals surface area (Å²) in [7, 11) is 1.45. The highest BCUT2D eigenvalue weighted by molar-refractivity contribution is 6.32. The fourth-order valence-corrected chi connectivity index (χ4v) is 1.97. The Labute approximate surface area is 141 Å². The number of carbonyl (C=O) groups excluding carboxylic acids is 2. The number of hydrogen-bond donors (Lipinski definition) is 1. The van der Waals surface area contributed by atoms with E-state index in [1.165, 1.54) is 19.2 Å². The van der Waals surface area contributed by atoms with Crippen molar-refractivity contribution in [2.45, 2.75) is 33.3 Å². The number of benzene rings is 1. The molecule has 0 aliphatic rings. The average molecular weight is 344 g/mol. The van der Waals surface area contributed by atoms with Gasteiger partial charge < -0.3 is 19.5 Å². The quantitative estimate of drug-likeness (QED) is 0.735. The number of carbonyl (C=O) groups is 2. The molecule has 6 nitrogen and oxygen atoms in total. The molecular weight excluding hydrogens is 322 g/mol. The third kappa shape index (κ3) is 5.98. The van der Waals surface area contributed by atoms with Crippen molar-refractivity contribution in [2.75, 3.05) is 20.3 Å². The Bertz CT molecular complexity index is 560. The van der Waals surface area contributed by atoms with Crippen LogP contribution >= 0.6 is 11.6 Å². The summed E-state index contributed by atoms with van der Waals surface area (Å²) in [5.41, 5.74) is 0.186. The van der Waals surface area contributed by atoms with Gasteiger partial charge in [0.25, 0.3) is 5.91 Å². The molecule has 1 aromatic rings. The van der Waals surface area contributed by atoms with E-state index in [1.807, 2.05) is 20.8 Å². The van der Waals surface area contributed by atoms with E-state index in [0.717, 1.165) is 6.42 Å². The first-order chi connectivity index (χ1) is 10.9. The van der Waals surface area contributed by atoms with Gasteiger partial charge in [-0.2, -0.15) is 0 Å². The van der Waals surface area contributed by atoms with Gasteiger partial charge in [-0.3, -0.25) is 4.79 Å². The van der Waals surface area contributed by atoms with Crippen molar-refractivity contribution in [2.24, 2.45) is 0 Å². The first-order valence-corrected chi connectivity index (χ1v) is 7.74. The number of esters is 1. The van der Waals surface area contributed by atoms with Crippen LogP contribution in [0.5, 0.6) is 11.5 Å². The highest BCUT2D eigenvalue weighted by Gasteiger charge is 2.18. The van der Waals surface area contributed by atoms with Gasteiger partial charge in [-0.15, -0.1) is 0 Å². The van der Waals surface area contributed by atoms with Gasteiger partial charge in [-0.25, -0.2) is 4.79 Å². The van der Waals surface area contributed by atoms with Crippen LogP contribution < -0.4 is 14.8 Å². The summed E-state index contributed by atoms with van der Waals surface area (Å²) >= 11 is 6.14. The van der Waals surface area contributed by atoms with E-state index in [4.69, 9.17) is 25.8 Å². The molecule has 0 saturated heterocycles. The van der Waals surface area contributed by atoms with Gasteiger partial charge in [-0.05, 0) is 32.4 Å². The molecule has 0 spiro atoms. The van der Waals surface area contributed by atoms with Gasteiger partial charge in [0, 0.05) is 6.54 Å². The summed E-state index contributed by atoms with van der Waals surface area (Å²) < 4.78 is 15.7. The van der Waals surface area contributed by atoms with E-state index < -0.39 is 5.97 Å². The minimum Gasteiger partial charge on any atom is -0.493 e. The normalized spacial score (nSPS) is 10.3. The lowest BCUT2D eigenvalue weighted by molar-refractivity contribution is -0.124. The van der Waals surface area contributed by atoms with Crippen LogP contribution in [0, 0.1) is 0 Å². The average Bonchev–Trinajstić information content (AvgIpc) is 2.51. The Kier molecular flexibility index (Phi) is 7.68. The number of methoxy groups -OCH3 is 1.